The minimum absolute atomic E-state index is 0.00733. The Labute approximate surface area is 104 Å². The van der Waals surface area contributed by atoms with Gasteiger partial charge >= 0.3 is 5.97 Å². The Kier molecular flexibility index (Phi) is 2.47. The molecule has 2 N–H and O–H groups in total. The maximum atomic E-state index is 12.2. The maximum absolute atomic E-state index is 12.2. The van der Waals surface area contributed by atoms with Crippen LogP contribution in [0.4, 0.5) is 0 Å². The first-order valence-electron chi connectivity index (χ1n) is 6.02. The lowest BCUT2D eigenvalue weighted by atomic mass is 9.82. The number of nitrogens with zero attached hydrogens (tertiary/aromatic N) is 1. The van der Waals surface area contributed by atoms with E-state index in [2.05, 4.69) is 5.43 Å². The van der Waals surface area contributed by atoms with Gasteiger partial charge in [0.1, 0.15) is 0 Å². The number of rotatable bonds is 3. The topological polar surface area (TPSA) is 71.3 Å². The van der Waals surface area contributed by atoms with Gasteiger partial charge in [0, 0.05) is 12.4 Å². The fraction of sp³-hybridized carbons (Fsp3) is 0.385. The predicted molar refractivity (Wildman–Crippen MR) is 64.2 cm³/mol. The first-order chi connectivity index (χ1) is 8.66. The Balaban J connectivity index is 1.80. The summed E-state index contributed by atoms with van der Waals surface area (Å²) in [5.41, 5.74) is 2.71. The van der Waals surface area contributed by atoms with Gasteiger partial charge in [0.15, 0.2) is 0 Å². The van der Waals surface area contributed by atoms with Gasteiger partial charge in [-0.3, -0.25) is 19.7 Å². The van der Waals surface area contributed by atoms with Crippen molar-refractivity contribution < 1.29 is 14.7 Å². The van der Waals surface area contributed by atoms with Crippen LogP contribution in [0.3, 0.4) is 0 Å². The van der Waals surface area contributed by atoms with Crippen LogP contribution in [-0.4, -0.2) is 21.7 Å². The lowest BCUT2D eigenvalue weighted by molar-refractivity contribution is -0.147. The Morgan fingerprint density at radius 2 is 1.72 bits per heavy atom. The van der Waals surface area contributed by atoms with Crippen molar-refractivity contribution in [1.82, 2.24) is 4.68 Å². The average molecular weight is 246 g/mol. The van der Waals surface area contributed by atoms with E-state index in [0.717, 1.165) is 6.42 Å². The highest BCUT2D eigenvalue weighted by molar-refractivity contribution is 5.91. The molecule has 94 valence electrons. The Morgan fingerprint density at radius 1 is 1.11 bits per heavy atom. The number of hydrogen-bond acceptors (Lipinski definition) is 2. The lowest BCUT2D eigenvalue weighted by Crippen LogP contribution is -2.38. The van der Waals surface area contributed by atoms with E-state index in [1.165, 1.54) is 0 Å². The molecule has 2 bridgehead atoms. The third-order valence-corrected chi connectivity index (χ3v) is 3.89. The number of carboxylic acids is 1. The fourth-order valence-corrected chi connectivity index (χ4v) is 3.13. The van der Waals surface area contributed by atoms with Crippen molar-refractivity contribution in [2.45, 2.75) is 6.42 Å². The maximum Gasteiger partial charge on any atom is 0.307 e. The molecule has 2 aliphatic carbocycles. The van der Waals surface area contributed by atoms with E-state index in [0.29, 0.717) is 0 Å². The highest BCUT2D eigenvalue weighted by Crippen LogP contribution is 2.48. The highest BCUT2D eigenvalue weighted by atomic mass is 16.4. The molecule has 1 aromatic rings. The number of aromatic nitrogens is 1. The van der Waals surface area contributed by atoms with Gasteiger partial charge in [0.25, 0.3) is 0 Å². The molecule has 0 radical (unpaired) electrons. The smallest absolute Gasteiger partial charge is 0.307 e. The fourth-order valence-electron chi connectivity index (χ4n) is 3.13. The van der Waals surface area contributed by atoms with Crippen LogP contribution in [0.5, 0.6) is 0 Å². The van der Waals surface area contributed by atoms with Crippen molar-refractivity contribution in [3.05, 3.63) is 36.7 Å². The molecule has 0 aromatic carbocycles. The third kappa shape index (κ3) is 1.63. The van der Waals surface area contributed by atoms with Crippen molar-refractivity contribution in [3.63, 3.8) is 0 Å². The number of hydrogen-bond donors (Lipinski definition) is 2. The van der Waals surface area contributed by atoms with Crippen LogP contribution in [-0.2, 0) is 9.59 Å². The predicted octanol–water partition coefficient (Wildman–Crippen LogP) is 1.08. The van der Waals surface area contributed by atoms with Crippen molar-refractivity contribution in [2.75, 3.05) is 5.43 Å². The van der Waals surface area contributed by atoms with E-state index >= 15 is 0 Å². The Morgan fingerprint density at radius 3 is 2.33 bits per heavy atom. The van der Waals surface area contributed by atoms with Crippen LogP contribution >= 0.6 is 0 Å². The molecule has 0 aliphatic heterocycles. The van der Waals surface area contributed by atoms with Crippen LogP contribution in [0.2, 0.25) is 0 Å². The second-order valence-electron chi connectivity index (χ2n) is 4.90. The second kappa shape index (κ2) is 4.01. The van der Waals surface area contributed by atoms with Gasteiger partial charge < -0.3 is 5.11 Å². The summed E-state index contributed by atoms with van der Waals surface area (Å²) >= 11 is 0. The van der Waals surface area contributed by atoms with Gasteiger partial charge in [-0.2, -0.15) is 0 Å². The monoisotopic (exact) mass is 246 g/mol. The molecule has 1 aromatic heterocycles. The molecule has 1 amide bonds. The third-order valence-electron chi connectivity index (χ3n) is 3.89. The molecule has 5 heteroatoms. The van der Waals surface area contributed by atoms with E-state index in [1.54, 1.807) is 29.2 Å². The number of aliphatic carboxylic acids is 1. The molecule has 4 unspecified atom stereocenters. The highest BCUT2D eigenvalue weighted by Gasteiger charge is 2.51. The minimum atomic E-state index is -0.875. The number of carbonyl (C=O) groups excluding carboxylic acids is 1. The molecule has 5 nitrogen and oxygen atoms in total. The summed E-state index contributed by atoms with van der Waals surface area (Å²) in [5, 5.41) is 9.26. The molecule has 3 rings (SSSR count). The summed E-state index contributed by atoms with van der Waals surface area (Å²) in [7, 11) is 0. The van der Waals surface area contributed by atoms with E-state index in [9.17, 15) is 14.7 Å². The normalized spacial score (nSPS) is 32.7. The summed E-state index contributed by atoms with van der Waals surface area (Å²) in [4.78, 5) is 23.5. The number of fused-ring (bicyclic) bond motifs is 2. The minimum Gasteiger partial charge on any atom is -0.481 e. The number of allylic oxidation sites excluding steroid dienone is 2. The van der Waals surface area contributed by atoms with Crippen LogP contribution in [0.15, 0.2) is 36.7 Å². The number of carboxylic acid groups (broad SMARTS) is 1. The van der Waals surface area contributed by atoms with E-state index in [-0.39, 0.29) is 17.7 Å². The molecular weight excluding hydrogens is 232 g/mol. The van der Waals surface area contributed by atoms with Crippen molar-refractivity contribution in [1.29, 1.82) is 0 Å². The first kappa shape index (κ1) is 11.1. The molecule has 0 spiro atoms. The zero-order valence-electron chi connectivity index (χ0n) is 9.69. The van der Waals surface area contributed by atoms with Gasteiger partial charge in [-0.15, -0.1) is 0 Å². The van der Waals surface area contributed by atoms with Gasteiger partial charge in [-0.05, 0) is 30.4 Å². The zero-order valence-corrected chi connectivity index (χ0v) is 9.69. The van der Waals surface area contributed by atoms with E-state index < -0.39 is 17.8 Å². The summed E-state index contributed by atoms with van der Waals surface area (Å²) in [5.74, 6) is -2.06. The summed E-state index contributed by atoms with van der Waals surface area (Å²) in [6.07, 6.45) is 8.13. The number of carbonyl (C=O) groups is 2. The van der Waals surface area contributed by atoms with Gasteiger partial charge in [-0.1, -0.05) is 12.2 Å². The van der Waals surface area contributed by atoms with E-state index in [4.69, 9.17) is 0 Å². The number of amides is 1. The molecule has 18 heavy (non-hydrogen) atoms. The van der Waals surface area contributed by atoms with Crippen LogP contribution in [0.1, 0.15) is 6.42 Å². The van der Waals surface area contributed by atoms with Crippen LogP contribution < -0.4 is 5.43 Å². The van der Waals surface area contributed by atoms with Gasteiger partial charge in [0.2, 0.25) is 5.91 Å². The summed E-state index contributed by atoms with van der Waals surface area (Å²) in [6, 6.07) is 3.60. The number of nitrogens with one attached hydrogen (secondary N) is 1. The largest absolute Gasteiger partial charge is 0.481 e. The average Bonchev–Trinajstić information content (AvgIpc) is 3.03. The molecule has 4 atom stereocenters. The molecule has 1 fully saturated rings. The molecule has 1 saturated carbocycles. The van der Waals surface area contributed by atoms with E-state index in [1.807, 2.05) is 12.2 Å². The molecule has 0 saturated heterocycles. The summed E-state index contributed by atoms with van der Waals surface area (Å²) < 4.78 is 1.55. The molecular formula is C13H14N2O3. The molecule has 1 heterocycles. The van der Waals surface area contributed by atoms with Gasteiger partial charge in [-0.25, -0.2) is 0 Å². The Hall–Kier alpha value is -2.04. The Bertz CT molecular complexity index is 506. The SMILES string of the molecule is O=C(O)C1C2C=CC(C2)C1C(=O)Nn1cccc1. The van der Waals surface area contributed by atoms with Crippen molar-refractivity contribution >= 4 is 11.9 Å². The standard InChI is InChI=1S/C13H14N2O3/c16-12(14-15-5-1-2-6-15)10-8-3-4-9(7-8)11(10)13(17)18/h1-6,8-11H,7H2,(H,14,16)(H,17,18). The van der Waals surface area contributed by atoms with Crippen LogP contribution in [0.25, 0.3) is 0 Å². The molecule has 2 aliphatic rings. The lowest BCUT2D eigenvalue weighted by Gasteiger charge is -2.23. The van der Waals surface area contributed by atoms with Crippen molar-refractivity contribution in [2.24, 2.45) is 23.7 Å². The summed E-state index contributed by atoms with van der Waals surface area (Å²) in [6.45, 7) is 0. The first-order valence-corrected chi connectivity index (χ1v) is 6.02. The van der Waals surface area contributed by atoms with Crippen molar-refractivity contribution in [3.8, 4) is 0 Å². The van der Waals surface area contributed by atoms with Gasteiger partial charge in [0.05, 0.1) is 11.8 Å². The quantitative estimate of drug-likeness (QED) is 0.784. The second-order valence-corrected chi connectivity index (χ2v) is 4.90. The zero-order chi connectivity index (χ0) is 12.7. The van der Waals surface area contributed by atoms with Crippen LogP contribution in [0, 0.1) is 23.7 Å².